The van der Waals surface area contributed by atoms with E-state index in [-0.39, 0.29) is 6.10 Å². The van der Waals surface area contributed by atoms with Gasteiger partial charge in [-0.2, -0.15) is 18.3 Å². The Hall–Kier alpha value is -1.61. The van der Waals surface area contributed by atoms with Crippen molar-refractivity contribution in [3.8, 4) is 0 Å². The van der Waals surface area contributed by atoms with Crippen LogP contribution in [0.25, 0.3) is 0 Å². The first-order chi connectivity index (χ1) is 13.8. The number of aromatic nitrogens is 2. The van der Waals surface area contributed by atoms with Gasteiger partial charge < -0.3 is 15.2 Å². The van der Waals surface area contributed by atoms with E-state index in [2.05, 4.69) is 16.2 Å². The van der Waals surface area contributed by atoms with Crippen molar-refractivity contribution in [2.45, 2.75) is 70.2 Å². The van der Waals surface area contributed by atoms with E-state index < -0.39 is 12.1 Å². The first-order valence-electron chi connectivity index (χ1n) is 10.5. The molecule has 2 aliphatic carbocycles. The number of carboxylic acids is 1. The summed E-state index contributed by atoms with van der Waals surface area (Å²) in [7, 11) is 0. The third-order valence-corrected chi connectivity index (χ3v) is 5.74. The molecule has 0 amide bonds. The van der Waals surface area contributed by atoms with E-state index in [0.29, 0.717) is 0 Å². The molecule has 9 heteroatoms. The van der Waals surface area contributed by atoms with Crippen LogP contribution in [0.3, 0.4) is 0 Å². The molecule has 1 unspecified atom stereocenters. The molecule has 0 saturated heterocycles. The number of nitrogens with zero attached hydrogens (tertiary/aromatic N) is 2. The summed E-state index contributed by atoms with van der Waals surface area (Å²) >= 11 is 0. The van der Waals surface area contributed by atoms with Gasteiger partial charge in [0.1, 0.15) is 6.10 Å². The van der Waals surface area contributed by atoms with E-state index >= 15 is 0 Å². The lowest BCUT2D eigenvalue weighted by molar-refractivity contribution is -0.192. The third kappa shape index (κ3) is 6.99. The van der Waals surface area contributed by atoms with E-state index in [1.807, 2.05) is 0 Å². The molecule has 3 aliphatic rings. The van der Waals surface area contributed by atoms with Gasteiger partial charge in [0.2, 0.25) is 0 Å². The van der Waals surface area contributed by atoms with E-state index in [0.717, 1.165) is 44.5 Å². The third-order valence-electron chi connectivity index (χ3n) is 5.74. The average Bonchev–Trinajstić information content (AvgIpc) is 3.38. The summed E-state index contributed by atoms with van der Waals surface area (Å²) in [5.41, 5.74) is 2.61. The van der Waals surface area contributed by atoms with Crippen LogP contribution in [-0.2, 0) is 22.5 Å². The predicted molar refractivity (Wildman–Crippen MR) is 100 cm³/mol. The number of halogens is 3. The van der Waals surface area contributed by atoms with Crippen molar-refractivity contribution in [3.63, 3.8) is 0 Å². The van der Waals surface area contributed by atoms with Gasteiger partial charge in [-0.3, -0.25) is 4.68 Å². The van der Waals surface area contributed by atoms with Crippen LogP contribution < -0.4 is 5.32 Å². The minimum absolute atomic E-state index is 0.160. The number of nitrogens with one attached hydrogen (secondary N) is 1. The highest BCUT2D eigenvalue weighted by molar-refractivity contribution is 5.73. The first kappa shape index (κ1) is 22.1. The largest absolute Gasteiger partial charge is 0.490 e. The fraction of sp³-hybridized carbons (Fsp3) is 0.800. The minimum atomic E-state index is -5.08. The van der Waals surface area contributed by atoms with Crippen molar-refractivity contribution in [1.29, 1.82) is 0 Å². The summed E-state index contributed by atoms with van der Waals surface area (Å²) in [6.07, 6.45) is 8.21. The van der Waals surface area contributed by atoms with E-state index in [4.69, 9.17) is 19.7 Å². The number of aliphatic carboxylic acids is 1. The van der Waals surface area contributed by atoms with E-state index in [9.17, 15) is 13.2 Å². The Kier molecular flexibility index (Phi) is 7.56. The second-order valence-electron chi connectivity index (χ2n) is 8.28. The molecule has 29 heavy (non-hydrogen) atoms. The van der Waals surface area contributed by atoms with Gasteiger partial charge in [-0.05, 0) is 56.0 Å². The Bertz CT molecular complexity index is 668. The van der Waals surface area contributed by atoms with Gasteiger partial charge in [-0.25, -0.2) is 4.79 Å². The monoisotopic (exact) mass is 417 g/mol. The Morgan fingerprint density at radius 2 is 1.86 bits per heavy atom. The Morgan fingerprint density at radius 1 is 1.17 bits per heavy atom. The molecule has 1 aliphatic heterocycles. The maximum Gasteiger partial charge on any atom is 0.490 e. The Morgan fingerprint density at radius 3 is 2.48 bits per heavy atom. The number of alkyl halides is 3. The molecular weight excluding hydrogens is 387 g/mol. The van der Waals surface area contributed by atoms with Gasteiger partial charge in [-0.15, -0.1) is 0 Å². The molecule has 0 aromatic carbocycles. The number of hydrogen-bond donors (Lipinski definition) is 2. The number of carboxylic acid groups (broad SMARTS) is 1. The zero-order valence-electron chi connectivity index (χ0n) is 16.6. The summed E-state index contributed by atoms with van der Waals surface area (Å²) in [4.78, 5) is 8.90. The Labute approximate surface area is 168 Å². The molecule has 2 N–H and O–H groups in total. The van der Waals surface area contributed by atoms with Gasteiger partial charge in [0, 0.05) is 19.3 Å². The molecule has 0 radical (unpaired) electrons. The smallest absolute Gasteiger partial charge is 0.475 e. The van der Waals surface area contributed by atoms with Gasteiger partial charge >= 0.3 is 12.1 Å². The topological polar surface area (TPSA) is 76.4 Å². The molecule has 2 heterocycles. The minimum Gasteiger partial charge on any atom is -0.475 e. The molecule has 2 fully saturated rings. The van der Waals surface area contributed by atoms with Gasteiger partial charge in [0.25, 0.3) is 0 Å². The van der Waals surface area contributed by atoms with E-state index in [1.165, 1.54) is 56.2 Å². The zero-order chi connectivity index (χ0) is 20.9. The molecular formula is C20H30F3N3O3. The molecule has 0 spiro atoms. The van der Waals surface area contributed by atoms with Crippen LogP contribution in [0, 0.1) is 11.8 Å². The quantitative estimate of drug-likeness (QED) is 0.738. The highest BCUT2D eigenvalue weighted by Gasteiger charge is 2.38. The molecule has 4 rings (SSSR count). The molecule has 0 bridgehead atoms. The normalized spacial score (nSPS) is 22.5. The molecule has 1 aromatic heterocycles. The lowest BCUT2D eigenvalue weighted by atomic mass is 9.89. The number of ether oxygens (including phenoxy) is 1. The van der Waals surface area contributed by atoms with Gasteiger partial charge in [0.05, 0.1) is 12.3 Å². The number of rotatable bonds is 6. The predicted octanol–water partition coefficient (Wildman–Crippen LogP) is 3.71. The molecule has 2 saturated carbocycles. The van der Waals surface area contributed by atoms with Crippen LogP contribution >= 0.6 is 0 Å². The SMILES string of the molecule is O=C(O)C(F)(F)F.c1c2c(nn1CC1CC1)C(CNCC1CCCCC1)OCC2. The summed E-state index contributed by atoms with van der Waals surface area (Å²) in [5, 5.41) is 15.6. The molecule has 6 nitrogen and oxygen atoms in total. The molecule has 1 aromatic rings. The van der Waals surface area contributed by atoms with Crippen LogP contribution in [0.4, 0.5) is 13.2 Å². The van der Waals surface area contributed by atoms with Crippen LogP contribution in [0.2, 0.25) is 0 Å². The van der Waals surface area contributed by atoms with Crippen molar-refractivity contribution in [2.75, 3.05) is 19.7 Å². The van der Waals surface area contributed by atoms with E-state index in [1.54, 1.807) is 0 Å². The summed E-state index contributed by atoms with van der Waals surface area (Å²) in [5.74, 6) is -0.998. The van der Waals surface area contributed by atoms with Gasteiger partial charge in [0.15, 0.2) is 0 Å². The lowest BCUT2D eigenvalue weighted by Gasteiger charge is -2.25. The van der Waals surface area contributed by atoms with Crippen molar-refractivity contribution in [2.24, 2.45) is 11.8 Å². The number of hydrogen-bond acceptors (Lipinski definition) is 4. The maximum atomic E-state index is 10.6. The maximum absolute atomic E-state index is 10.6. The lowest BCUT2D eigenvalue weighted by Crippen LogP contribution is -2.31. The highest BCUT2D eigenvalue weighted by atomic mass is 19.4. The van der Waals surface area contributed by atoms with Crippen LogP contribution in [0.15, 0.2) is 6.20 Å². The van der Waals surface area contributed by atoms with Crippen LogP contribution in [0.1, 0.15) is 62.3 Å². The summed E-state index contributed by atoms with van der Waals surface area (Å²) in [6, 6.07) is 0. The van der Waals surface area contributed by atoms with Crippen molar-refractivity contribution in [3.05, 3.63) is 17.5 Å². The van der Waals surface area contributed by atoms with Crippen molar-refractivity contribution < 1.29 is 27.8 Å². The second kappa shape index (κ2) is 9.93. The highest BCUT2D eigenvalue weighted by Crippen LogP contribution is 2.32. The van der Waals surface area contributed by atoms with Crippen molar-refractivity contribution in [1.82, 2.24) is 15.1 Å². The standard InChI is InChI=1S/C18H29N3O.C2HF3O2/c1-2-4-14(5-3-1)10-19-11-17-18-16(8-9-22-17)13-21(20-18)12-15-6-7-15;3-2(4,5)1(6)7/h13-15,17,19H,1-12H2;(H,6,7). The fourth-order valence-corrected chi connectivity index (χ4v) is 3.96. The average molecular weight is 417 g/mol. The molecule has 1 atom stereocenters. The van der Waals surface area contributed by atoms with Gasteiger partial charge in [-0.1, -0.05) is 19.3 Å². The summed E-state index contributed by atoms with van der Waals surface area (Å²) < 4.78 is 39.9. The number of carbonyl (C=O) groups is 1. The zero-order valence-corrected chi connectivity index (χ0v) is 16.6. The first-order valence-corrected chi connectivity index (χ1v) is 10.5. The summed E-state index contributed by atoms with van der Waals surface area (Å²) in [6.45, 7) is 4.02. The fourth-order valence-electron chi connectivity index (χ4n) is 3.96. The Balaban J connectivity index is 0.000000298. The van der Waals surface area contributed by atoms with Crippen LogP contribution in [0.5, 0.6) is 0 Å². The molecule has 164 valence electrons. The second-order valence-corrected chi connectivity index (χ2v) is 8.28. The van der Waals surface area contributed by atoms with Crippen molar-refractivity contribution >= 4 is 5.97 Å². The van der Waals surface area contributed by atoms with Crippen LogP contribution in [-0.4, -0.2) is 46.7 Å². The number of fused-ring (bicyclic) bond motifs is 1.